The van der Waals surface area contributed by atoms with Crippen LogP contribution in [0.25, 0.3) is 0 Å². The molecule has 0 saturated carbocycles. The van der Waals surface area contributed by atoms with Crippen LogP contribution < -0.4 is 0 Å². The highest BCUT2D eigenvalue weighted by atomic mass is 16.6. The van der Waals surface area contributed by atoms with Crippen LogP contribution in [0.15, 0.2) is 36.5 Å². The molecule has 1 fully saturated rings. The minimum Gasteiger partial charge on any atom is -0.463 e. The van der Waals surface area contributed by atoms with Gasteiger partial charge in [-0.3, -0.25) is 9.59 Å². The summed E-state index contributed by atoms with van der Waals surface area (Å²) in [6.07, 6.45) is 38.0. The number of esters is 2. The van der Waals surface area contributed by atoms with Crippen LogP contribution >= 0.6 is 0 Å². The number of hydrogen-bond acceptors (Lipinski definition) is 6. The molecule has 1 rings (SSSR count). The van der Waals surface area contributed by atoms with Gasteiger partial charge in [-0.1, -0.05) is 134 Å². The van der Waals surface area contributed by atoms with Crippen molar-refractivity contribution in [3.8, 4) is 0 Å². The number of rotatable bonds is 31. The molecule has 0 amide bonds. The number of epoxide rings is 1. The summed E-state index contributed by atoms with van der Waals surface area (Å²) in [5.41, 5.74) is 0. The summed E-state index contributed by atoms with van der Waals surface area (Å²) < 4.78 is 16.0. The highest BCUT2D eigenvalue weighted by Gasteiger charge is 2.35. The number of aliphatic hydroxyl groups is 1. The fraction of sp³-hybridized carbons (Fsp3) is 0.789. The van der Waals surface area contributed by atoms with E-state index >= 15 is 0 Å². The summed E-state index contributed by atoms with van der Waals surface area (Å²) in [5.74, 6) is -0.634. The molecule has 254 valence electrons. The third-order valence-corrected chi connectivity index (χ3v) is 8.03. The average molecular weight is 619 g/mol. The maximum atomic E-state index is 11.9. The average Bonchev–Trinajstić information content (AvgIpc) is 3.78. The van der Waals surface area contributed by atoms with E-state index in [4.69, 9.17) is 14.2 Å². The number of allylic oxidation sites excluding steroid dienone is 4. The van der Waals surface area contributed by atoms with Gasteiger partial charge in [0.15, 0.2) is 0 Å². The van der Waals surface area contributed by atoms with Crippen molar-refractivity contribution >= 4 is 11.9 Å². The third-order valence-electron chi connectivity index (χ3n) is 8.03. The van der Waals surface area contributed by atoms with E-state index in [1.54, 1.807) is 0 Å². The molecule has 1 aliphatic rings. The number of ether oxygens (including phenoxy) is 3. The molecular weight excluding hydrogens is 552 g/mol. The predicted molar refractivity (Wildman–Crippen MR) is 182 cm³/mol. The molecule has 6 nitrogen and oxygen atoms in total. The maximum Gasteiger partial charge on any atom is 0.305 e. The summed E-state index contributed by atoms with van der Waals surface area (Å²) >= 11 is 0. The minimum absolute atomic E-state index is 0.135. The van der Waals surface area contributed by atoms with Crippen molar-refractivity contribution in [2.24, 2.45) is 0 Å². The van der Waals surface area contributed by atoms with Crippen molar-refractivity contribution < 1.29 is 28.9 Å². The molecule has 1 heterocycles. The second-order valence-corrected chi connectivity index (χ2v) is 12.4. The molecule has 1 aliphatic heterocycles. The van der Waals surface area contributed by atoms with Crippen LogP contribution in [-0.2, 0) is 23.8 Å². The van der Waals surface area contributed by atoms with E-state index in [1.807, 2.05) is 0 Å². The van der Waals surface area contributed by atoms with E-state index in [2.05, 4.69) is 50.3 Å². The van der Waals surface area contributed by atoms with Gasteiger partial charge in [-0.25, -0.2) is 0 Å². The van der Waals surface area contributed by atoms with Crippen LogP contribution in [0.4, 0.5) is 0 Å². The van der Waals surface area contributed by atoms with Crippen LogP contribution in [-0.4, -0.2) is 48.6 Å². The van der Waals surface area contributed by atoms with E-state index in [-0.39, 0.29) is 25.2 Å². The van der Waals surface area contributed by atoms with Gasteiger partial charge in [0.25, 0.3) is 0 Å². The minimum atomic E-state index is -0.986. The van der Waals surface area contributed by atoms with Crippen molar-refractivity contribution in [2.75, 3.05) is 13.2 Å². The first-order chi connectivity index (χ1) is 21.6. The van der Waals surface area contributed by atoms with Crippen LogP contribution in [0.1, 0.15) is 162 Å². The van der Waals surface area contributed by atoms with Crippen LogP contribution in [0.3, 0.4) is 0 Å². The van der Waals surface area contributed by atoms with Gasteiger partial charge in [0.05, 0.1) is 12.2 Å². The molecule has 3 atom stereocenters. The highest BCUT2D eigenvalue weighted by molar-refractivity contribution is 5.69. The smallest absolute Gasteiger partial charge is 0.305 e. The fourth-order valence-electron chi connectivity index (χ4n) is 5.12. The van der Waals surface area contributed by atoms with Gasteiger partial charge < -0.3 is 19.3 Å². The van der Waals surface area contributed by atoms with Crippen molar-refractivity contribution in [1.82, 2.24) is 0 Å². The SMILES string of the molecule is CCCCC/C=C\CC1OC1C/C=C\C/C=C\CCCC(=O)OC[C@@H](O)COC(=O)CCCCCCCCCCCCCC. The molecule has 0 radical (unpaired) electrons. The summed E-state index contributed by atoms with van der Waals surface area (Å²) in [6, 6.07) is 0. The summed E-state index contributed by atoms with van der Waals surface area (Å²) in [4.78, 5) is 23.8. The summed E-state index contributed by atoms with van der Waals surface area (Å²) in [7, 11) is 0. The Morgan fingerprint density at radius 3 is 1.61 bits per heavy atom. The van der Waals surface area contributed by atoms with Gasteiger partial charge in [0.1, 0.15) is 19.3 Å². The maximum absolute atomic E-state index is 11.9. The lowest BCUT2D eigenvalue weighted by Gasteiger charge is -2.12. The van der Waals surface area contributed by atoms with Gasteiger partial charge in [0, 0.05) is 12.8 Å². The Morgan fingerprint density at radius 2 is 1.02 bits per heavy atom. The first-order valence-corrected chi connectivity index (χ1v) is 18.2. The Bertz CT molecular complexity index is 773. The first kappa shape index (κ1) is 40.1. The highest BCUT2D eigenvalue weighted by Crippen LogP contribution is 2.29. The van der Waals surface area contributed by atoms with E-state index in [0.717, 1.165) is 44.9 Å². The summed E-state index contributed by atoms with van der Waals surface area (Å²) in [6.45, 7) is 4.20. The zero-order valence-electron chi connectivity index (χ0n) is 28.4. The Hall–Kier alpha value is -1.92. The second kappa shape index (κ2) is 29.8. The largest absolute Gasteiger partial charge is 0.463 e. The topological polar surface area (TPSA) is 85.4 Å². The number of unbranched alkanes of at least 4 members (excludes halogenated alkanes) is 15. The molecule has 44 heavy (non-hydrogen) atoms. The molecule has 1 saturated heterocycles. The molecule has 0 bridgehead atoms. The van der Waals surface area contributed by atoms with Crippen molar-refractivity contribution in [1.29, 1.82) is 0 Å². The van der Waals surface area contributed by atoms with E-state index in [0.29, 0.717) is 31.5 Å². The zero-order chi connectivity index (χ0) is 31.9. The Balaban J connectivity index is 1.88. The molecule has 2 unspecified atom stereocenters. The second-order valence-electron chi connectivity index (χ2n) is 12.4. The molecule has 0 aromatic heterocycles. The molecule has 0 aliphatic carbocycles. The van der Waals surface area contributed by atoms with Crippen LogP contribution in [0.5, 0.6) is 0 Å². The molecule has 0 aromatic rings. The molecule has 1 N–H and O–H groups in total. The van der Waals surface area contributed by atoms with E-state index in [9.17, 15) is 14.7 Å². The Labute approximate surface area is 270 Å². The molecule has 0 aromatic carbocycles. The lowest BCUT2D eigenvalue weighted by atomic mass is 10.0. The van der Waals surface area contributed by atoms with E-state index < -0.39 is 6.10 Å². The van der Waals surface area contributed by atoms with Gasteiger partial charge in [0.2, 0.25) is 0 Å². The number of aliphatic hydroxyl groups excluding tert-OH is 1. The first-order valence-electron chi connectivity index (χ1n) is 18.2. The van der Waals surface area contributed by atoms with Gasteiger partial charge in [-0.15, -0.1) is 0 Å². The lowest BCUT2D eigenvalue weighted by molar-refractivity contribution is -0.152. The Kier molecular flexibility index (Phi) is 27.1. The fourth-order valence-corrected chi connectivity index (χ4v) is 5.12. The monoisotopic (exact) mass is 618 g/mol. The van der Waals surface area contributed by atoms with Gasteiger partial charge in [-0.05, 0) is 51.4 Å². The van der Waals surface area contributed by atoms with Gasteiger partial charge >= 0.3 is 11.9 Å². The molecule has 6 heteroatoms. The number of hydrogen-bond donors (Lipinski definition) is 1. The lowest BCUT2D eigenvalue weighted by Crippen LogP contribution is -2.25. The van der Waals surface area contributed by atoms with Crippen LogP contribution in [0.2, 0.25) is 0 Å². The normalized spacial score (nSPS) is 17.2. The van der Waals surface area contributed by atoms with E-state index in [1.165, 1.54) is 83.5 Å². The van der Waals surface area contributed by atoms with Crippen LogP contribution in [0, 0.1) is 0 Å². The molecule has 0 spiro atoms. The summed E-state index contributed by atoms with van der Waals surface area (Å²) in [5, 5.41) is 9.98. The van der Waals surface area contributed by atoms with Crippen molar-refractivity contribution in [3.63, 3.8) is 0 Å². The Morgan fingerprint density at radius 1 is 0.591 bits per heavy atom. The van der Waals surface area contributed by atoms with Crippen molar-refractivity contribution in [3.05, 3.63) is 36.5 Å². The predicted octanol–water partition coefficient (Wildman–Crippen LogP) is 9.88. The quantitative estimate of drug-likeness (QED) is 0.0360. The molecular formula is C38H66O6. The number of carbonyl (C=O) groups excluding carboxylic acids is 2. The van der Waals surface area contributed by atoms with Crippen molar-refractivity contribution in [2.45, 2.75) is 180 Å². The standard InChI is InChI=1S/C38H66O6/c1-3-5-7-9-11-12-13-14-15-18-22-26-30-37(40)42-32-34(39)33-43-38(41)31-27-23-19-16-17-21-25-29-36-35(44-36)28-24-20-10-8-6-4-2/h16,19-21,24-25,34-36,39H,3-15,17-18,22-23,26-33H2,1-2H3/b19-16-,24-20-,25-21-/t34-,35?,36?/m0/s1. The van der Waals surface area contributed by atoms with Gasteiger partial charge in [-0.2, -0.15) is 0 Å². The zero-order valence-corrected chi connectivity index (χ0v) is 28.4. The third kappa shape index (κ3) is 26.5. The number of carbonyl (C=O) groups is 2.